The molecule has 200 valence electrons. The summed E-state index contributed by atoms with van der Waals surface area (Å²) >= 11 is 0. The monoisotopic (exact) mass is 525 g/mol. The third-order valence-corrected chi connectivity index (χ3v) is 7.12. The van der Waals surface area contributed by atoms with Crippen LogP contribution < -0.4 is 16.0 Å². The van der Waals surface area contributed by atoms with Crippen LogP contribution in [-0.2, 0) is 4.79 Å². The van der Waals surface area contributed by atoms with Gasteiger partial charge in [0.15, 0.2) is 5.69 Å². The summed E-state index contributed by atoms with van der Waals surface area (Å²) in [5.41, 5.74) is 3.92. The van der Waals surface area contributed by atoms with Crippen molar-refractivity contribution < 1.29 is 14.4 Å². The van der Waals surface area contributed by atoms with Gasteiger partial charge < -0.3 is 16.0 Å². The highest BCUT2D eigenvalue weighted by atomic mass is 16.2. The number of hydrogen-bond donors (Lipinski definition) is 4. The highest BCUT2D eigenvalue weighted by molar-refractivity contribution is 6.11. The Morgan fingerprint density at radius 3 is 2.51 bits per heavy atom. The SMILES string of the molecule is CCC(C)C(=O)Nc1cncc(-c2ccc3[nH]nc(C(=O)Nc4ccc(C(=O)NC5CCCC5)nc4)c3c2)c1. The lowest BCUT2D eigenvalue weighted by molar-refractivity contribution is -0.119. The van der Waals surface area contributed by atoms with Gasteiger partial charge in [-0.05, 0) is 55.2 Å². The molecule has 3 heterocycles. The number of anilines is 2. The number of H-pyrrole nitrogens is 1. The molecule has 5 rings (SSSR count). The molecule has 10 nitrogen and oxygen atoms in total. The van der Waals surface area contributed by atoms with Gasteiger partial charge in [0, 0.05) is 29.1 Å². The Bertz CT molecular complexity index is 1510. The van der Waals surface area contributed by atoms with Gasteiger partial charge in [-0.2, -0.15) is 5.10 Å². The Hall–Kier alpha value is -4.60. The van der Waals surface area contributed by atoms with Crippen LogP contribution in [0.1, 0.15) is 66.9 Å². The summed E-state index contributed by atoms with van der Waals surface area (Å²) in [6.45, 7) is 3.85. The standard InChI is InChI=1S/C29H31N7O3/c1-3-17(2)27(37)34-22-12-19(14-30-15-22)18-8-10-24-23(13-18)26(36-35-24)29(39)33-21-9-11-25(31-16-21)28(38)32-20-6-4-5-7-20/h8-17,20H,3-7H2,1-2H3,(H,32,38)(H,33,39)(H,34,37)(H,35,36). The number of fused-ring (bicyclic) bond motifs is 1. The van der Waals surface area contributed by atoms with Gasteiger partial charge in [-0.3, -0.25) is 24.5 Å². The molecule has 0 aliphatic heterocycles. The molecule has 0 spiro atoms. The molecule has 39 heavy (non-hydrogen) atoms. The maximum Gasteiger partial charge on any atom is 0.276 e. The minimum absolute atomic E-state index is 0.0577. The van der Waals surface area contributed by atoms with Gasteiger partial charge in [0.25, 0.3) is 11.8 Å². The normalized spacial score (nSPS) is 14.2. The van der Waals surface area contributed by atoms with E-state index in [0.717, 1.165) is 43.2 Å². The molecule has 0 radical (unpaired) electrons. The molecular formula is C29H31N7O3. The highest BCUT2D eigenvalue weighted by Crippen LogP contribution is 2.27. The lowest BCUT2D eigenvalue weighted by atomic mass is 10.0. The van der Waals surface area contributed by atoms with E-state index in [0.29, 0.717) is 28.0 Å². The van der Waals surface area contributed by atoms with Crippen molar-refractivity contribution in [1.82, 2.24) is 25.5 Å². The van der Waals surface area contributed by atoms with Gasteiger partial charge >= 0.3 is 0 Å². The summed E-state index contributed by atoms with van der Waals surface area (Å²) in [5.74, 6) is -0.769. The Balaban J connectivity index is 1.30. The molecule has 1 aliphatic carbocycles. The van der Waals surface area contributed by atoms with Gasteiger partial charge in [0.05, 0.1) is 29.3 Å². The number of pyridine rings is 2. The van der Waals surface area contributed by atoms with Crippen LogP contribution >= 0.6 is 0 Å². The van der Waals surface area contributed by atoms with Gasteiger partial charge in [0.1, 0.15) is 5.69 Å². The van der Waals surface area contributed by atoms with Gasteiger partial charge in [-0.15, -0.1) is 0 Å². The average Bonchev–Trinajstić information content (AvgIpc) is 3.62. The number of aromatic nitrogens is 4. The van der Waals surface area contributed by atoms with E-state index in [9.17, 15) is 14.4 Å². The number of aromatic amines is 1. The summed E-state index contributed by atoms with van der Waals surface area (Å²) in [5, 5.41) is 16.5. The molecule has 1 unspecified atom stereocenters. The average molecular weight is 526 g/mol. The number of nitrogens with zero attached hydrogens (tertiary/aromatic N) is 3. The zero-order valence-electron chi connectivity index (χ0n) is 22.0. The third kappa shape index (κ3) is 5.95. The van der Waals surface area contributed by atoms with E-state index in [1.54, 1.807) is 24.5 Å². The van der Waals surface area contributed by atoms with Crippen molar-refractivity contribution in [2.45, 2.75) is 52.0 Å². The van der Waals surface area contributed by atoms with Crippen LogP contribution in [0.3, 0.4) is 0 Å². The Morgan fingerprint density at radius 1 is 0.949 bits per heavy atom. The minimum Gasteiger partial charge on any atom is -0.348 e. The summed E-state index contributed by atoms with van der Waals surface area (Å²) in [6.07, 6.45) is 9.78. The lowest BCUT2D eigenvalue weighted by Crippen LogP contribution is -2.33. The summed E-state index contributed by atoms with van der Waals surface area (Å²) in [7, 11) is 0. The zero-order valence-corrected chi connectivity index (χ0v) is 22.0. The largest absolute Gasteiger partial charge is 0.348 e. The quantitative estimate of drug-likeness (QED) is 0.257. The lowest BCUT2D eigenvalue weighted by Gasteiger charge is -2.11. The highest BCUT2D eigenvalue weighted by Gasteiger charge is 2.20. The molecule has 3 aromatic heterocycles. The molecule has 1 atom stereocenters. The van der Waals surface area contributed by atoms with Crippen LogP contribution in [0.5, 0.6) is 0 Å². The third-order valence-electron chi connectivity index (χ3n) is 7.12. The first-order valence-electron chi connectivity index (χ1n) is 13.2. The summed E-state index contributed by atoms with van der Waals surface area (Å²) in [6, 6.07) is 10.9. The van der Waals surface area contributed by atoms with Crippen LogP contribution in [0.15, 0.2) is 55.0 Å². The van der Waals surface area contributed by atoms with E-state index >= 15 is 0 Å². The molecule has 1 saturated carbocycles. The van der Waals surface area contributed by atoms with Crippen LogP contribution in [0.25, 0.3) is 22.0 Å². The van der Waals surface area contributed by atoms with Gasteiger partial charge in [0.2, 0.25) is 5.91 Å². The van der Waals surface area contributed by atoms with E-state index in [-0.39, 0.29) is 29.5 Å². The van der Waals surface area contributed by atoms with Crippen LogP contribution in [0.2, 0.25) is 0 Å². The maximum absolute atomic E-state index is 13.1. The maximum atomic E-state index is 13.1. The van der Waals surface area contributed by atoms with Crippen molar-refractivity contribution >= 4 is 40.0 Å². The summed E-state index contributed by atoms with van der Waals surface area (Å²) in [4.78, 5) is 46.3. The number of amides is 3. The Kier molecular flexibility index (Phi) is 7.62. The number of hydrogen-bond acceptors (Lipinski definition) is 6. The fourth-order valence-electron chi connectivity index (χ4n) is 4.61. The molecule has 1 aliphatic rings. The first-order valence-corrected chi connectivity index (χ1v) is 13.2. The molecule has 1 fully saturated rings. The van der Waals surface area contributed by atoms with Gasteiger partial charge in [-0.25, -0.2) is 4.98 Å². The zero-order chi connectivity index (χ0) is 27.4. The number of benzene rings is 1. The number of rotatable bonds is 8. The molecule has 10 heteroatoms. The molecule has 3 amide bonds. The topological polar surface area (TPSA) is 142 Å². The van der Waals surface area contributed by atoms with Crippen molar-refractivity contribution in [1.29, 1.82) is 0 Å². The Morgan fingerprint density at radius 2 is 1.77 bits per heavy atom. The molecule has 0 saturated heterocycles. The Labute approximate surface area is 226 Å². The number of nitrogens with one attached hydrogen (secondary N) is 4. The van der Waals surface area contributed by atoms with Crippen molar-refractivity contribution in [2.24, 2.45) is 5.92 Å². The second-order valence-electron chi connectivity index (χ2n) is 9.93. The van der Waals surface area contributed by atoms with E-state index in [1.165, 1.54) is 6.20 Å². The molecule has 4 N–H and O–H groups in total. The predicted molar refractivity (Wildman–Crippen MR) is 149 cm³/mol. The summed E-state index contributed by atoms with van der Waals surface area (Å²) < 4.78 is 0. The van der Waals surface area contributed by atoms with E-state index in [2.05, 4.69) is 36.1 Å². The van der Waals surface area contributed by atoms with Gasteiger partial charge in [-0.1, -0.05) is 32.8 Å². The molecule has 1 aromatic carbocycles. The van der Waals surface area contributed by atoms with Crippen molar-refractivity contribution in [2.75, 3.05) is 10.6 Å². The minimum atomic E-state index is -0.406. The second-order valence-corrected chi connectivity index (χ2v) is 9.93. The van der Waals surface area contributed by atoms with Crippen LogP contribution in [0.4, 0.5) is 11.4 Å². The number of carbonyl (C=O) groups is 3. The van der Waals surface area contributed by atoms with Crippen LogP contribution in [-0.4, -0.2) is 43.9 Å². The first kappa shape index (κ1) is 26.0. The van der Waals surface area contributed by atoms with E-state index in [4.69, 9.17) is 0 Å². The van der Waals surface area contributed by atoms with E-state index in [1.807, 2.05) is 38.1 Å². The first-order chi connectivity index (χ1) is 18.9. The van der Waals surface area contributed by atoms with Crippen molar-refractivity contribution in [3.8, 4) is 11.1 Å². The second kappa shape index (κ2) is 11.4. The predicted octanol–water partition coefficient (Wildman–Crippen LogP) is 4.93. The number of carbonyl (C=O) groups excluding carboxylic acids is 3. The fraction of sp³-hybridized carbons (Fsp3) is 0.310. The smallest absolute Gasteiger partial charge is 0.276 e. The van der Waals surface area contributed by atoms with Crippen molar-refractivity contribution in [3.05, 3.63) is 66.4 Å². The fourth-order valence-corrected chi connectivity index (χ4v) is 4.61. The molecule has 4 aromatic rings. The van der Waals surface area contributed by atoms with Crippen molar-refractivity contribution in [3.63, 3.8) is 0 Å². The van der Waals surface area contributed by atoms with E-state index < -0.39 is 5.91 Å². The molecule has 0 bridgehead atoms. The van der Waals surface area contributed by atoms with Crippen LogP contribution in [0, 0.1) is 5.92 Å². The molecular weight excluding hydrogens is 494 g/mol.